The number of hydrogen-bond acceptors (Lipinski definition) is 3. The summed E-state index contributed by atoms with van der Waals surface area (Å²) in [5.41, 5.74) is -1.32. The molecule has 174 valence electrons. The lowest BCUT2D eigenvalue weighted by molar-refractivity contribution is -0.186. The van der Waals surface area contributed by atoms with Crippen molar-refractivity contribution in [2.45, 2.75) is 85.5 Å². The average molecular weight is 431 g/mol. The highest BCUT2D eigenvalue weighted by Gasteiger charge is 2.84. The van der Waals surface area contributed by atoms with E-state index in [9.17, 15) is 14.7 Å². The molecule has 3 fully saturated rings. The van der Waals surface area contributed by atoms with E-state index in [4.69, 9.17) is 4.74 Å². The van der Waals surface area contributed by atoms with Gasteiger partial charge >= 0.3 is 5.97 Å². The number of ether oxygens (including phenoxy) is 1. The van der Waals surface area contributed by atoms with Crippen molar-refractivity contribution in [2.24, 2.45) is 45.8 Å². The fourth-order valence-electron chi connectivity index (χ4n) is 8.70. The van der Waals surface area contributed by atoms with Gasteiger partial charge in [-0.3, -0.25) is 4.79 Å². The third-order valence-corrected chi connectivity index (χ3v) is 9.87. The highest BCUT2D eigenvalue weighted by Crippen LogP contribution is 2.82. The maximum Gasteiger partial charge on any atom is 0.315 e. The van der Waals surface area contributed by atoms with E-state index < -0.39 is 22.2 Å². The summed E-state index contributed by atoms with van der Waals surface area (Å²) in [5, 5.41) is 10.9. The molecule has 4 aliphatic carbocycles. The Hall–Kier alpha value is -1.16. The van der Waals surface area contributed by atoms with Crippen molar-refractivity contribution < 1.29 is 19.4 Å². The van der Waals surface area contributed by atoms with Gasteiger partial charge in [0, 0.05) is 12.0 Å². The Kier molecular flexibility index (Phi) is 6.17. The predicted octanol–water partition coefficient (Wildman–Crippen LogP) is 5.90. The second-order valence-corrected chi connectivity index (χ2v) is 11.5. The molecule has 0 radical (unpaired) electrons. The van der Waals surface area contributed by atoms with Crippen LogP contribution in [0.2, 0.25) is 0 Å². The standard InChI is InChI=1S/C27H42O4/c1-5-6-7-8-9-12-31-17-26-15-21-19(4)10-11-22(21)25(16-28)14-20(26)13-23(18(2)3)27(25,26)24(29)30/h13,16,18-22H,5-12,14-15,17H2,1-4H3,(H,29,30). The number of rotatable bonds is 11. The largest absolute Gasteiger partial charge is 0.481 e. The van der Waals surface area contributed by atoms with Crippen molar-refractivity contribution in [2.75, 3.05) is 13.2 Å². The zero-order valence-corrected chi connectivity index (χ0v) is 20.0. The second-order valence-electron chi connectivity index (χ2n) is 11.5. The van der Waals surface area contributed by atoms with Crippen LogP contribution >= 0.6 is 0 Å². The fourth-order valence-corrected chi connectivity index (χ4v) is 8.70. The maximum absolute atomic E-state index is 13.3. The van der Waals surface area contributed by atoms with Crippen LogP contribution in [0.1, 0.15) is 85.5 Å². The van der Waals surface area contributed by atoms with Gasteiger partial charge in [-0.1, -0.05) is 71.4 Å². The Labute approximate surface area is 188 Å². The summed E-state index contributed by atoms with van der Waals surface area (Å²) in [5.74, 6) is 0.697. The Morgan fingerprint density at radius 1 is 1.23 bits per heavy atom. The monoisotopic (exact) mass is 430 g/mol. The van der Waals surface area contributed by atoms with Gasteiger partial charge in [-0.15, -0.1) is 0 Å². The SMILES string of the molecule is CCCCCCCOCC12CC3C(C)CCC3C3(C=O)CC1C=C(C(C)C)C32C(=O)O. The van der Waals surface area contributed by atoms with Gasteiger partial charge < -0.3 is 14.6 Å². The number of carboxylic acid groups (broad SMARTS) is 1. The number of carboxylic acids is 1. The van der Waals surface area contributed by atoms with Crippen molar-refractivity contribution in [3.8, 4) is 0 Å². The van der Waals surface area contributed by atoms with E-state index in [0.29, 0.717) is 31.5 Å². The summed E-state index contributed by atoms with van der Waals surface area (Å²) in [6.45, 7) is 9.90. The van der Waals surface area contributed by atoms with Crippen molar-refractivity contribution in [3.05, 3.63) is 11.6 Å². The molecule has 7 unspecified atom stereocenters. The second kappa shape index (κ2) is 8.32. The molecule has 0 aromatic heterocycles. The van der Waals surface area contributed by atoms with Crippen LogP contribution in [0.5, 0.6) is 0 Å². The van der Waals surface area contributed by atoms with Crippen molar-refractivity contribution in [1.29, 1.82) is 0 Å². The molecule has 0 amide bonds. The highest BCUT2D eigenvalue weighted by molar-refractivity contribution is 5.90. The molecule has 1 N–H and O–H groups in total. The maximum atomic E-state index is 13.3. The smallest absolute Gasteiger partial charge is 0.315 e. The minimum atomic E-state index is -1.09. The van der Waals surface area contributed by atoms with E-state index in [1.165, 1.54) is 25.7 Å². The van der Waals surface area contributed by atoms with E-state index in [1.54, 1.807) is 0 Å². The molecule has 4 heteroatoms. The number of carbonyl (C=O) groups is 2. The third-order valence-electron chi connectivity index (χ3n) is 9.87. The van der Waals surface area contributed by atoms with E-state index >= 15 is 0 Å². The fraction of sp³-hybridized carbons (Fsp3) is 0.852. The van der Waals surface area contributed by atoms with Gasteiger partial charge in [0.2, 0.25) is 0 Å². The lowest BCUT2D eigenvalue weighted by atomic mass is 9.43. The molecule has 0 saturated heterocycles. The molecule has 0 aliphatic heterocycles. The van der Waals surface area contributed by atoms with Gasteiger partial charge in [0.15, 0.2) is 0 Å². The summed E-state index contributed by atoms with van der Waals surface area (Å²) in [6, 6.07) is 0. The molecular weight excluding hydrogens is 388 g/mol. The number of unbranched alkanes of at least 4 members (excludes halogenated alkanes) is 4. The number of carbonyl (C=O) groups excluding carboxylic acids is 1. The zero-order valence-electron chi connectivity index (χ0n) is 20.0. The molecule has 4 aliphatic rings. The quantitative estimate of drug-likeness (QED) is 0.252. The number of allylic oxidation sites excluding steroid dienone is 1. The van der Waals surface area contributed by atoms with Crippen LogP contribution in [0.25, 0.3) is 0 Å². The molecule has 0 aromatic carbocycles. The summed E-state index contributed by atoms with van der Waals surface area (Å²) < 4.78 is 6.32. The Morgan fingerprint density at radius 2 is 1.97 bits per heavy atom. The van der Waals surface area contributed by atoms with E-state index in [-0.39, 0.29) is 17.8 Å². The molecule has 7 atom stereocenters. The lowest BCUT2D eigenvalue weighted by Crippen LogP contribution is -2.63. The minimum absolute atomic E-state index is 0.129. The van der Waals surface area contributed by atoms with Crippen molar-refractivity contribution >= 4 is 12.3 Å². The first-order chi connectivity index (χ1) is 14.8. The van der Waals surface area contributed by atoms with Gasteiger partial charge in [-0.2, -0.15) is 0 Å². The number of hydrogen-bond donors (Lipinski definition) is 1. The Bertz CT molecular complexity index is 742. The van der Waals surface area contributed by atoms with Crippen LogP contribution in [-0.2, 0) is 14.3 Å². The normalized spacial score (nSPS) is 42.7. The van der Waals surface area contributed by atoms with Crippen molar-refractivity contribution in [3.63, 3.8) is 0 Å². The predicted molar refractivity (Wildman–Crippen MR) is 122 cm³/mol. The first-order valence-electron chi connectivity index (χ1n) is 12.8. The molecular formula is C27H42O4. The number of fused-ring (bicyclic) bond motifs is 2. The molecule has 3 saturated carbocycles. The van der Waals surface area contributed by atoms with Crippen LogP contribution in [0, 0.1) is 45.8 Å². The van der Waals surface area contributed by atoms with Gasteiger partial charge in [0.1, 0.15) is 11.7 Å². The minimum Gasteiger partial charge on any atom is -0.481 e. The Morgan fingerprint density at radius 3 is 2.61 bits per heavy atom. The van der Waals surface area contributed by atoms with Gasteiger partial charge in [0.25, 0.3) is 0 Å². The third kappa shape index (κ3) is 2.89. The number of aliphatic carboxylic acids is 1. The highest BCUT2D eigenvalue weighted by atomic mass is 16.5. The van der Waals surface area contributed by atoms with Crippen LogP contribution in [-0.4, -0.2) is 30.6 Å². The molecule has 31 heavy (non-hydrogen) atoms. The summed E-state index contributed by atoms with van der Waals surface area (Å²) in [7, 11) is 0. The van der Waals surface area contributed by atoms with E-state index in [1.807, 2.05) is 0 Å². The van der Waals surface area contributed by atoms with Crippen molar-refractivity contribution in [1.82, 2.24) is 0 Å². The zero-order chi connectivity index (χ0) is 22.4. The average Bonchev–Trinajstić information content (AvgIpc) is 3.30. The first-order valence-corrected chi connectivity index (χ1v) is 12.8. The van der Waals surface area contributed by atoms with Crippen LogP contribution < -0.4 is 0 Å². The molecule has 4 rings (SSSR count). The molecule has 4 nitrogen and oxygen atoms in total. The molecule has 4 bridgehead atoms. The van der Waals surface area contributed by atoms with Gasteiger partial charge in [0.05, 0.1) is 12.0 Å². The Balaban J connectivity index is 1.69. The topological polar surface area (TPSA) is 63.6 Å². The molecule has 0 heterocycles. The van der Waals surface area contributed by atoms with Crippen LogP contribution in [0.15, 0.2) is 11.6 Å². The van der Waals surface area contributed by atoms with Crippen LogP contribution in [0.4, 0.5) is 0 Å². The van der Waals surface area contributed by atoms with E-state index in [2.05, 4.69) is 33.8 Å². The van der Waals surface area contributed by atoms with Gasteiger partial charge in [-0.05, 0) is 55.3 Å². The summed E-state index contributed by atoms with van der Waals surface area (Å²) in [6.07, 6.45) is 13.0. The summed E-state index contributed by atoms with van der Waals surface area (Å²) in [4.78, 5) is 26.2. The lowest BCUT2D eigenvalue weighted by Gasteiger charge is -2.58. The molecule has 0 aromatic rings. The van der Waals surface area contributed by atoms with E-state index in [0.717, 1.165) is 37.5 Å². The van der Waals surface area contributed by atoms with Crippen LogP contribution in [0.3, 0.4) is 0 Å². The number of aldehydes is 1. The molecule has 0 spiro atoms. The van der Waals surface area contributed by atoms with Gasteiger partial charge in [-0.25, -0.2) is 0 Å². The summed E-state index contributed by atoms with van der Waals surface area (Å²) >= 11 is 0. The first kappa shape index (κ1) is 23.0.